The summed E-state index contributed by atoms with van der Waals surface area (Å²) in [4.78, 5) is 4.49. The molecule has 0 unspecified atom stereocenters. The summed E-state index contributed by atoms with van der Waals surface area (Å²) in [5, 5.41) is 11.3. The van der Waals surface area contributed by atoms with E-state index in [0.717, 1.165) is 24.6 Å². The lowest BCUT2D eigenvalue weighted by atomic mass is 10.2. The lowest BCUT2D eigenvalue weighted by molar-refractivity contribution is 0.598. The van der Waals surface area contributed by atoms with E-state index in [9.17, 15) is 8.42 Å². The molecule has 0 bridgehead atoms. The van der Waals surface area contributed by atoms with Crippen molar-refractivity contribution in [2.75, 3.05) is 13.1 Å². The maximum absolute atomic E-state index is 11.1. The van der Waals surface area contributed by atoms with Crippen molar-refractivity contribution in [2.45, 2.75) is 25.3 Å². The lowest BCUT2D eigenvalue weighted by Gasteiger charge is -2.09. The summed E-state index contributed by atoms with van der Waals surface area (Å²) >= 11 is 0. The Hall–Kier alpha value is -0.870. The van der Waals surface area contributed by atoms with Gasteiger partial charge < -0.3 is 10.6 Å². The minimum absolute atomic E-state index is 0. The van der Waals surface area contributed by atoms with Crippen LogP contribution in [0.25, 0.3) is 0 Å². The van der Waals surface area contributed by atoms with Gasteiger partial charge in [-0.2, -0.15) is 0 Å². The van der Waals surface area contributed by atoms with Crippen molar-refractivity contribution in [1.82, 2.24) is 10.6 Å². The number of nitrogens with one attached hydrogen (secondary N) is 2. The highest BCUT2D eigenvalue weighted by Gasteiger charge is 2.06. The first-order chi connectivity index (χ1) is 8.97. The number of rotatable bonds is 5. The van der Waals surface area contributed by atoms with Crippen LogP contribution in [0.15, 0.2) is 34.2 Å². The smallest absolute Gasteiger partial charge is 0.238 e. The third-order valence-corrected chi connectivity index (χ3v) is 3.29. The summed E-state index contributed by atoms with van der Waals surface area (Å²) in [7, 11) is -3.63. The Morgan fingerprint density at radius 3 is 2.05 bits per heavy atom. The number of nitrogens with two attached hydrogens (primary N) is 1. The summed E-state index contributed by atoms with van der Waals surface area (Å²) in [5.74, 6) is 0.737. The van der Waals surface area contributed by atoms with Crippen LogP contribution < -0.4 is 15.8 Å². The van der Waals surface area contributed by atoms with Crippen molar-refractivity contribution in [1.29, 1.82) is 0 Å². The maximum Gasteiger partial charge on any atom is 0.238 e. The van der Waals surface area contributed by atoms with Gasteiger partial charge in [0.2, 0.25) is 10.0 Å². The zero-order valence-electron chi connectivity index (χ0n) is 11.6. The predicted octanol–water partition coefficient (Wildman–Crippen LogP) is 1.03. The molecule has 0 radical (unpaired) electrons. The van der Waals surface area contributed by atoms with Crippen molar-refractivity contribution in [3.05, 3.63) is 29.8 Å². The molecule has 8 heteroatoms. The molecule has 1 aromatic rings. The average molecular weight is 412 g/mol. The average Bonchev–Trinajstić information content (AvgIpc) is 2.36. The molecule has 0 amide bonds. The van der Waals surface area contributed by atoms with Crippen LogP contribution in [0.1, 0.15) is 19.4 Å². The summed E-state index contributed by atoms with van der Waals surface area (Å²) in [6.07, 6.45) is 0. The van der Waals surface area contributed by atoms with Crippen molar-refractivity contribution < 1.29 is 8.42 Å². The van der Waals surface area contributed by atoms with Crippen LogP contribution in [0.5, 0.6) is 0 Å². The second kappa shape index (κ2) is 9.14. The van der Waals surface area contributed by atoms with E-state index in [1.165, 1.54) is 12.1 Å². The minimum atomic E-state index is -3.63. The normalized spacial score (nSPS) is 10.3. The first-order valence-corrected chi connectivity index (χ1v) is 7.66. The van der Waals surface area contributed by atoms with Crippen molar-refractivity contribution in [3.63, 3.8) is 0 Å². The molecular formula is C12H21IN4O2S. The Labute approximate surface area is 137 Å². The van der Waals surface area contributed by atoms with Gasteiger partial charge in [0.25, 0.3) is 0 Å². The molecule has 0 heterocycles. The zero-order chi connectivity index (χ0) is 14.3. The van der Waals surface area contributed by atoms with E-state index in [0.29, 0.717) is 6.54 Å². The fourth-order valence-electron chi connectivity index (χ4n) is 1.46. The van der Waals surface area contributed by atoms with E-state index in [1.807, 2.05) is 13.8 Å². The van der Waals surface area contributed by atoms with E-state index < -0.39 is 10.0 Å². The zero-order valence-corrected chi connectivity index (χ0v) is 14.7. The molecule has 20 heavy (non-hydrogen) atoms. The number of sulfonamides is 1. The maximum atomic E-state index is 11.1. The Kier molecular flexibility index (Phi) is 8.74. The number of primary sulfonamides is 1. The van der Waals surface area contributed by atoms with Gasteiger partial charge in [-0.1, -0.05) is 12.1 Å². The second-order valence-electron chi connectivity index (χ2n) is 3.91. The standard InChI is InChI=1S/C12H20N4O2S.HI/c1-3-14-12(15-4-2)16-9-10-5-7-11(8-6-10)19(13,17)18;/h5-8H,3-4,9H2,1-2H3,(H2,13,17,18)(H2,14,15,16);1H. The van der Waals surface area contributed by atoms with Gasteiger partial charge in [-0.15, -0.1) is 24.0 Å². The van der Waals surface area contributed by atoms with Crippen LogP contribution in [0.3, 0.4) is 0 Å². The SMILES string of the molecule is CCNC(=NCc1ccc(S(N)(=O)=O)cc1)NCC.I. The Balaban J connectivity index is 0.00000361. The number of aliphatic imine (C=N–C) groups is 1. The van der Waals surface area contributed by atoms with Gasteiger partial charge in [-0.3, -0.25) is 0 Å². The van der Waals surface area contributed by atoms with Crippen molar-refractivity contribution in [2.24, 2.45) is 10.1 Å². The van der Waals surface area contributed by atoms with E-state index >= 15 is 0 Å². The minimum Gasteiger partial charge on any atom is -0.357 e. The third kappa shape index (κ3) is 6.53. The molecule has 1 aromatic carbocycles. The highest BCUT2D eigenvalue weighted by Crippen LogP contribution is 2.09. The monoisotopic (exact) mass is 412 g/mol. The molecule has 114 valence electrons. The molecule has 0 aliphatic rings. The molecule has 1 rings (SSSR count). The molecule has 0 fully saturated rings. The van der Waals surface area contributed by atoms with E-state index in [2.05, 4.69) is 15.6 Å². The fourth-order valence-corrected chi connectivity index (χ4v) is 1.98. The summed E-state index contributed by atoms with van der Waals surface area (Å²) in [5.41, 5.74) is 0.917. The van der Waals surface area contributed by atoms with Crippen molar-refractivity contribution in [3.8, 4) is 0 Å². The molecule has 4 N–H and O–H groups in total. The molecule has 0 spiro atoms. The Morgan fingerprint density at radius 1 is 1.15 bits per heavy atom. The van der Waals surface area contributed by atoms with Gasteiger partial charge in [0.05, 0.1) is 11.4 Å². The highest BCUT2D eigenvalue weighted by atomic mass is 127. The summed E-state index contributed by atoms with van der Waals surface area (Å²) < 4.78 is 22.2. The molecule has 0 saturated carbocycles. The third-order valence-electron chi connectivity index (χ3n) is 2.36. The van der Waals surface area contributed by atoms with Gasteiger partial charge in [0.1, 0.15) is 0 Å². The lowest BCUT2D eigenvalue weighted by Crippen LogP contribution is -2.36. The largest absolute Gasteiger partial charge is 0.357 e. The molecule has 0 aromatic heterocycles. The molecular weight excluding hydrogens is 391 g/mol. The van der Waals surface area contributed by atoms with Crippen LogP contribution in [0, 0.1) is 0 Å². The van der Waals surface area contributed by atoms with Gasteiger partial charge in [0, 0.05) is 13.1 Å². The predicted molar refractivity (Wildman–Crippen MR) is 91.7 cm³/mol. The van der Waals surface area contributed by atoms with E-state index in [-0.39, 0.29) is 28.9 Å². The molecule has 0 saturated heterocycles. The summed E-state index contributed by atoms with van der Waals surface area (Å²) in [6, 6.07) is 6.39. The molecule has 0 aliphatic carbocycles. The van der Waals surface area contributed by atoms with Gasteiger partial charge in [0.15, 0.2) is 5.96 Å². The first kappa shape index (κ1) is 19.1. The number of nitrogens with zero attached hydrogens (tertiary/aromatic N) is 1. The number of halogens is 1. The molecule has 0 aliphatic heterocycles. The van der Waals surface area contributed by atoms with E-state index in [4.69, 9.17) is 5.14 Å². The van der Waals surface area contributed by atoms with Gasteiger partial charge in [-0.25, -0.2) is 18.5 Å². The first-order valence-electron chi connectivity index (χ1n) is 6.11. The van der Waals surface area contributed by atoms with Crippen LogP contribution >= 0.6 is 24.0 Å². The summed E-state index contributed by atoms with van der Waals surface area (Å²) in [6.45, 7) is 6.04. The number of guanidine groups is 1. The van der Waals surface area contributed by atoms with E-state index in [1.54, 1.807) is 12.1 Å². The topological polar surface area (TPSA) is 96.6 Å². The number of hydrogen-bond donors (Lipinski definition) is 3. The van der Waals surface area contributed by atoms with Crippen LogP contribution in [-0.4, -0.2) is 27.5 Å². The molecule has 0 atom stereocenters. The quantitative estimate of drug-likeness (QED) is 0.382. The van der Waals surface area contributed by atoms with Gasteiger partial charge >= 0.3 is 0 Å². The Morgan fingerprint density at radius 2 is 1.65 bits per heavy atom. The highest BCUT2D eigenvalue weighted by molar-refractivity contribution is 14.0. The number of benzene rings is 1. The second-order valence-corrected chi connectivity index (χ2v) is 5.48. The van der Waals surface area contributed by atoms with Crippen molar-refractivity contribution >= 4 is 40.0 Å². The van der Waals surface area contributed by atoms with Crippen LogP contribution in [0.4, 0.5) is 0 Å². The van der Waals surface area contributed by atoms with Crippen LogP contribution in [0.2, 0.25) is 0 Å². The van der Waals surface area contributed by atoms with Crippen LogP contribution in [-0.2, 0) is 16.6 Å². The fraction of sp³-hybridized carbons (Fsp3) is 0.417. The van der Waals surface area contributed by atoms with Gasteiger partial charge in [-0.05, 0) is 31.5 Å². The number of hydrogen-bond acceptors (Lipinski definition) is 3. The molecule has 6 nitrogen and oxygen atoms in total. The Bertz CT molecular complexity index is 521.